The molecule has 5 N–H and O–H groups in total. The van der Waals surface area contributed by atoms with Crippen molar-refractivity contribution in [2.45, 2.75) is 32.2 Å². The van der Waals surface area contributed by atoms with E-state index >= 15 is 0 Å². The van der Waals surface area contributed by atoms with Crippen LogP contribution in [-0.2, 0) is 11.2 Å². The van der Waals surface area contributed by atoms with Gasteiger partial charge in [0.15, 0.2) is 0 Å². The lowest BCUT2D eigenvalue weighted by Gasteiger charge is -2.34. The van der Waals surface area contributed by atoms with Gasteiger partial charge in [-0.2, -0.15) is 4.98 Å². The predicted octanol–water partition coefficient (Wildman–Crippen LogP) is 2.07. The fraction of sp³-hybridized carbons (Fsp3) is 0.280. The number of aryl methyl sites for hydroxylation is 1. The summed E-state index contributed by atoms with van der Waals surface area (Å²) in [4.78, 5) is 27.5. The topological polar surface area (TPSA) is 123 Å². The molecule has 3 aromatic rings. The molecule has 0 atom stereocenters. The molecule has 1 amide bonds. The summed E-state index contributed by atoms with van der Waals surface area (Å²) in [6.07, 6.45) is 3.66. The molecular weight excluding hydrogens is 414 g/mol. The van der Waals surface area contributed by atoms with E-state index in [0.717, 1.165) is 54.1 Å². The number of nitrogens with two attached hydrogens (primary N) is 2. The van der Waals surface area contributed by atoms with E-state index in [1.165, 1.54) is 0 Å². The van der Waals surface area contributed by atoms with Gasteiger partial charge in [0, 0.05) is 30.9 Å². The number of amides is 1. The summed E-state index contributed by atoms with van der Waals surface area (Å²) in [6.45, 7) is 3.36. The van der Waals surface area contributed by atoms with Gasteiger partial charge in [0.1, 0.15) is 11.6 Å². The Morgan fingerprint density at radius 3 is 2.55 bits per heavy atom. The molecule has 4 rings (SSSR count). The van der Waals surface area contributed by atoms with E-state index in [9.17, 15) is 4.79 Å². The Labute approximate surface area is 193 Å². The van der Waals surface area contributed by atoms with Gasteiger partial charge in [0.25, 0.3) is 0 Å². The van der Waals surface area contributed by atoms with Crippen molar-refractivity contribution in [1.82, 2.24) is 20.3 Å². The number of nitrogens with one attached hydrogen (secondary N) is 1. The molecule has 1 saturated heterocycles. The smallest absolute Gasteiger partial charge is 0.224 e. The molecular formula is C25H27N7O. The van der Waals surface area contributed by atoms with Crippen molar-refractivity contribution in [3.8, 4) is 11.8 Å². The zero-order valence-electron chi connectivity index (χ0n) is 18.6. The summed E-state index contributed by atoms with van der Waals surface area (Å²) < 4.78 is 0. The first-order valence-corrected chi connectivity index (χ1v) is 10.9. The summed E-state index contributed by atoms with van der Waals surface area (Å²) in [5.41, 5.74) is 14.8. The van der Waals surface area contributed by atoms with Crippen LogP contribution in [0.25, 0.3) is 0 Å². The van der Waals surface area contributed by atoms with E-state index < -0.39 is 0 Å². The lowest BCUT2D eigenvalue weighted by Crippen LogP contribution is -2.45. The molecule has 3 heterocycles. The Bertz CT molecular complexity index is 1180. The second-order valence-corrected chi connectivity index (χ2v) is 8.08. The minimum atomic E-state index is 0.0467. The van der Waals surface area contributed by atoms with Crippen molar-refractivity contribution >= 4 is 23.5 Å². The third-order valence-corrected chi connectivity index (χ3v) is 5.57. The van der Waals surface area contributed by atoms with Crippen LogP contribution in [0.2, 0.25) is 0 Å². The molecule has 1 aromatic carbocycles. The van der Waals surface area contributed by atoms with Crippen molar-refractivity contribution in [2.75, 3.05) is 29.5 Å². The first kappa shape index (κ1) is 22.1. The Hall–Kier alpha value is -4.12. The number of anilines is 3. The maximum atomic E-state index is 12.4. The maximum Gasteiger partial charge on any atom is 0.224 e. The molecule has 0 unspecified atom stereocenters. The number of piperidine rings is 1. The zero-order valence-corrected chi connectivity index (χ0v) is 18.6. The fourth-order valence-corrected chi connectivity index (χ4v) is 3.86. The van der Waals surface area contributed by atoms with Gasteiger partial charge in [-0.25, -0.2) is 9.97 Å². The Balaban J connectivity index is 1.43. The number of pyridine rings is 1. The molecule has 8 heteroatoms. The van der Waals surface area contributed by atoms with Crippen molar-refractivity contribution in [3.05, 3.63) is 71.0 Å². The molecule has 0 saturated carbocycles. The van der Waals surface area contributed by atoms with Crippen molar-refractivity contribution in [2.24, 2.45) is 0 Å². The maximum absolute atomic E-state index is 12.4. The lowest BCUT2D eigenvalue weighted by molar-refractivity contribution is -0.121. The molecule has 0 spiro atoms. The second kappa shape index (κ2) is 10.0. The molecule has 2 aromatic heterocycles. The standard InChI is InChI=1S/C25H27N7O/c1-17-21(9-7-19-8-10-22(26)28-16-19)24(31-25(27)29-17)32-13-11-20(12-14-32)30-23(33)15-18-5-3-2-4-6-18/h2-6,8,10,16,20H,11-15H2,1H3,(H2,26,28)(H,30,33)(H2,27,29,31). The summed E-state index contributed by atoms with van der Waals surface area (Å²) >= 11 is 0. The Kier molecular flexibility index (Phi) is 6.69. The van der Waals surface area contributed by atoms with Crippen LogP contribution < -0.4 is 21.7 Å². The summed E-state index contributed by atoms with van der Waals surface area (Å²) in [5.74, 6) is 7.75. The van der Waals surface area contributed by atoms with Gasteiger partial charge in [-0.05, 0) is 37.5 Å². The van der Waals surface area contributed by atoms with E-state index in [4.69, 9.17) is 11.5 Å². The van der Waals surface area contributed by atoms with Crippen molar-refractivity contribution in [1.29, 1.82) is 0 Å². The van der Waals surface area contributed by atoms with Gasteiger partial charge in [0.05, 0.1) is 17.7 Å². The highest BCUT2D eigenvalue weighted by atomic mass is 16.1. The van der Waals surface area contributed by atoms with Gasteiger partial charge >= 0.3 is 0 Å². The molecule has 8 nitrogen and oxygen atoms in total. The third-order valence-electron chi connectivity index (χ3n) is 5.57. The zero-order chi connectivity index (χ0) is 23.2. The van der Waals surface area contributed by atoms with E-state index in [1.54, 1.807) is 12.3 Å². The normalized spacial score (nSPS) is 13.8. The minimum absolute atomic E-state index is 0.0467. The molecule has 1 aliphatic rings. The summed E-state index contributed by atoms with van der Waals surface area (Å²) in [5, 5.41) is 3.16. The highest BCUT2D eigenvalue weighted by Crippen LogP contribution is 2.24. The van der Waals surface area contributed by atoms with Crippen LogP contribution >= 0.6 is 0 Å². The van der Waals surface area contributed by atoms with Gasteiger partial charge < -0.3 is 21.7 Å². The molecule has 168 valence electrons. The minimum Gasteiger partial charge on any atom is -0.384 e. The van der Waals surface area contributed by atoms with Crippen LogP contribution in [0.5, 0.6) is 0 Å². The predicted molar refractivity (Wildman–Crippen MR) is 129 cm³/mol. The number of hydrogen-bond donors (Lipinski definition) is 3. The fourth-order valence-electron chi connectivity index (χ4n) is 3.86. The second-order valence-electron chi connectivity index (χ2n) is 8.08. The van der Waals surface area contributed by atoms with Crippen LogP contribution in [0, 0.1) is 18.8 Å². The monoisotopic (exact) mass is 441 g/mol. The third kappa shape index (κ3) is 5.77. The SMILES string of the molecule is Cc1nc(N)nc(N2CCC(NC(=O)Cc3ccccc3)CC2)c1C#Cc1ccc(N)nc1. The molecule has 0 bridgehead atoms. The van der Waals surface area contributed by atoms with Gasteiger partial charge in [-0.15, -0.1) is 0 Å². The van der Waals surface area contributed by atoms with E-state index in [1.807, 2.05) is 43.3 Å². The number of carbonyl (C=O) groups is 1. The first-order chi connectivity index (χ1) is 16.0. The van der Waals surface area contributed by atoms with Crippen LogP contribution in [0.3, 0.4) is 0 Å². The number of aromatic nitrogens is 3. The van der Waals surface area contributed by atoms with Gasteiger partial charge in [-0.3, -0.25) is 4.79 Å². The highest BCUT2D eigenvalue weighted by Gasteiger charge is 2.24. The lowest BCUT2D eigenvalue weighted by atomic mass is 10.0. The number of nitrogens with zero attached hydrogens (tertiary/aromatic N) is 4. The highest BCUT2D eigenvalue weighted by molar-refractivity contribution is 5.78. The number of carbonyl (C=O) groups excluding carboxylic acids is 1. The van der Waals surface area contributed by atoms with E-state index in [0.29, 0.717) is 12.2 Å². The summed E-state index contributed by atoms with van der Waals surface area (Å²) in [6, 6.07) is 13.4. The molecule has 33 heavy (non-hydrogen) atoms. The first-order valence-electron chi connectivity index (χ1n) is 10.9. The summed E-state index contributed by atoms with van der Waals surface area (Å²) in [7, 11) is 0. The van der Waals surface area contributed by atoms with Crippen LogP contribution in [0.4, 0.5) is 17.6 Å². The average Bonchev–Trinajstić information content (AvgIpc) is 2.80. The number of benzene rings is 1. The molecule has 1 fully saturated rings. The van der Waals surface area contributed by atoms with Crippen molar-refractivity contribution in [3.63, 3.8) is 0 Å². The van der Waals surface area contributed by atoms with Crippen LogP contribution in [0.15, 0.2) is 48.7 Å². The number of nitrogen functional groups attached to an aromatic ring is 2. The average molecular weight is 442 g/mol. The molecule has 0 aliphatic carbocycles. The van der Waals surface area contributed by atoms with Crippen LogP contribution in [-0.4, -0.2) is 40.0 Å². The van der Waals surface area contributed by atoms with Gasteiger partial charge in [-0.1, -0.05) is 42.2 Å². The molecule has 1 aliphatic heterocycles. The largest absolute Gasteiger partial charge is 0.384 e. The van der Waals surface area contributed by atoms with Crippen LogP contribution in [0.1, 0.15) is 35.2 Å². The van der Waals surface area contributed by atoms with E-state index in [-0.39, 0.29) is 17.9 Å². The van der Waals surface area contributed by atoms with E-state index in [2.05, 4.69) is 37.0 Å². The quantitative estimate of drug-likeness (QED) is 0.530. The Morgan fingerprint density at radius 2 is 1.85 bits per heavy atom. The number of hydrogen-bond acceptors (Lipinski definition) is 7. The Morgan fingerprint density at radius 1 is 1.09 bits per heavy atom. The molecule has 0 radical (unpaired) electrons. The van der Waals surface area contributed by atoms with Gasteiger partial charge in [0.2, 0.25) is 11.9 Å². The van der Waals surface area contributed by atoms with Crippen molar-refractivity contribution < 1.29 is 4.79 Å². The number of rotatable bonds is 4.